The van der Waals surface area contributed by atoms with Crippen LogP contribution in [0.25, 0.3) is 0 Å². The van der Waals surface area contributed by atoms with Gasteiger partial charge in [-0.25, -0.2) is 0 Å². The van der Waals surface area contributed by atoms with Crippen molar-refractivity contribution >= 4 is 11.6 Å². The summed E-state index contributed by atoms with van der Waals surface area (Å²) in [5.41, 5.74) is 1.41. The predicted molar refractivity (Wildman–Crippen MR) is 69.5 cm³/mol. The molecule has 0 radical (unpaired) electrons. The first-order valence-corrected chi connectivity index (χ1v) is 6.68. The second-order valence-corrected chi connectivity index (χ2v) is 4.76. The summed E-state index contributed by atoms with van der Waals surface area (Å²) in [4.78, 5) is 0. The number of alkyl halides is 3. The van der Waals surface area contributed by atoms with E-state index in [0.717, 1.165) is 5.69 Å². The molecule has 19 heavy (non-hydrogen) atoms. The Morgan fingerprint density at radius 3 is 2.42 bits per heavy atom. The van der Waals surface area contributed by atoms with E-state index in [1.165, 1.54) is 7.05 Å². The maximum absolute atomic E-state index is 12.5. The lowest BCUT2D eigenvalue weighted by Gasteiger charge is -2.18. The van der Waals surface area contributed by atoms with Gasteiger partial charge in [-0.2, -0.15) is 18.3 Å². The van der Waals surface area contributed by atoms with Crippen molar-refractivity contribution < 1.29 is 13.2 Å². The third-order valence-corrected chi connectivity index (χ3v) is 3.46. The van der Waals surface area contributed by atoms with Crippen molar-refractivity contribution in [3.8, 4) is 0 Å². The summed E-state index contributed by atoms with van der Waals surface area (Å²) in [5.74, 6) is 0. The summed E-state index contributed by atoms with van der Waals surface area (Å²) in [5, 5.41) is 7.49. The number of aryl methyl sites for hydroxylation is 2. The number of hydrogen-bond acceptors (Lipinski definition) is 2. The summed E-state index contributed by atoms with van der Waals surface area (Å²) < 4.78 is 39.0. The van der Waals surface area contributed by atoms with Gasteiger partial charge in [-0.05, 0) is 20.4 Å². The molecular formula is C12H19ClF3N3. The zero-order valence-corrected chi connectivity index (χ0v) is 12.1. The fourth-order valence-corrected chi connectivity index (χ4v) is 2.35. The molecule has 1 heterocycles. The van der Waals surface area contributed by atoms with Crippen LogP contribution in [0, 0.1) is 0 Å². The van der Waals surface area contributed by atoms with E-state index in [4.69, 9.17) is 11.6 Å². The number of nitrogens with zero attached hydrogens (tertiary/aromatic N) is 2. The Bertz CT molecular complexity index is 415. The minimum atomic E-state index is -4.19. The lowest BCUT2D eigenvalue weighted by atomic mass is 10.1. The van der Waals surface area contributed by atoms with Crippen molar-refractivity contribution in [3.05, 3.63) is 16.4 Å². The maximum atomic E-state index is 12.5. The monoisotopic (exact) mass is 297 g/mol. The first-order valence-electron chi connectivity index (χ1n) is 6.30. The van der Waals surface area contributed by atoms with Gasteiger partial charge < -0.3 is 5.32 Å². The van der Waals surface area contributed by atoms with Gasteiger partial charge in [0.05, 0.1) is 22.8 Å². The van der Waals surface area contributed by atoms with E-state index >= 15 is 0 Å². The first-order chi connectivity index (χ1) is 8.82. The molecule has 1 N–H and O–H groups in total. The van der Waals surface area contributed by atoms with Gasteiger partial charge in [0.2, 0.25) is 0 Å². The molecule has 0 aliphatic heterocycles. The average molecular weight is 298 g/mol. The lowest BCUT2D eigenvalue weighted by molar-refractivity contribution is -0.139. The van der Waals surface area contributed by atoms with Crippen LogP contribution < -0.4 is 5.32 Å². The number of nitrogens with one attached hydrogen (secondary N) is 1. The molecular weight excluding hydrogens is 279 g/mol. The van der Waals surface area contributed by atoms with E-state index in [-0.39, 0.29) is 6.42 Å². The van der Waals surface area contributed by atoms with Gasteiger partial charge >= 0.3 is 6.18 Å². The molecule has 110 valence electrons. The zero-order valence-electron chi connectivity index (χ0n) is 11.3. The Morgan fingerprint density at radius 2 is 2.00 bits per heavy atom. The topological polar surface area (TPSA) is 29.9 Å². The SMILES string of the molecule is CCc1nn(CC)c(CC(CC(F)(F)F)NC)c1Cl. The van der Waals surface area contributed by atoms with Crippen molar-refractivity contribution in [1.82, 2.24) is 15.1 Å². The molecule has 3 nitrogen and oxygen atoms in total. The quantitative estimate of drug-likeness (QED) is 0.874. The molecule has 1 atom stereocenters. The van der Waals surface area contributed by atoms with Crippen molar-refractivity contribution in [2.24, 2.45) is 0 Å². The molecule has 0 aliphatic carbocycles. The maximum Gasteiger partial charge on any atom is 0.390 e. The second kappa shape index (κ2) is 6.61. The third kappa shape index (κ3) is 4.38. The predicted octanol–water partition coefficient (Wildman–Crippen LogP) is 3.20. The van der Waals surface area contributed by atoms with Gasteiger partial charge in [0.25, 0.3) is 0 Å². The lowest BCUT2D eigenvalue weighted by Crippen LogP contribution is -2.33. The van der Waals surface area contributed by atoms with E-state index in [1.54, 1.807) is 4.68 Å². The fourth-order valence-electron chi connectivity index (χ4n) is 2.00. The Hall–Kier alpha value is -0.750. The van der Waals surface area contributed by atoms with Crippen LogP contribution in [0.15, 0.2) is 0 Å². The van der Waals surface area contributed by atoms with Crippen LogP contribution in [-0.4, -0.2) is 29.0 Å². The minimum absolute atomic E-state index is 0.218. The highest BCUT2D eigenvalue weighted by molar-refractivity contribution is 6.31. The first kappa shape index (κ1) is 16.3. The van der Waals surface area contributed by atoms with Crippen molar-refractivity contribution in [2.75, 3.05) is 7.05 Å². The Morgan fingerprint density at radius 1 is 1.37 bits per heavy atom. The molecule has 1 unspecified atom stereocenters. The van der Waals surface area contributed by atoms with E-state index in [1.807, 2.05) is 13.8 Å². The minimum Gasteiger partial charge on any atom is -0.316 e. The van der Waals surface area contributed by atoms with Gasteiger partial charge in [0.15, 0.2) is 0 Å². The molecule has 0 aromatic carbocycles. The summed E-state index contributed by atoms with van der Waals surface area (Å²) in [7, 11) is 1.53. The summed E-state index contributed by atoms with van der Waals surface area (Å²) >= 11 is 6.19. The highest BCUT2D eigenvalue weighted by Crippen LogP contribution is 2.27. The van der Waals surface area contributed by atoms with E-state index in [0.29, 0.717) is 23.7 Å². The van der Waals surface area contributed by atoms with Crippen molar-refractivity contribution in [2.45, 2.75) is 51.9 Å². The van der Waals surface area contributed by atoms with Crippen LogP contribution in [0.2, 0.25) is 5.02 Å². The number of halogens is 4. The average Bonchev–Trinajstić information content (AvgIpc) is 2.63. The highest BCUT2D eigenvalue weighted by atomic mass is 35.5. The van der Waals surface area contributed by atoms with Crippen LogP contribution in [0.3, 0.4) is 0 Å². The van der Waals surface area contributed by atoms with Gasteiger partial charge in [-0.1, -0.05) is 18.5 Å². The molecule has 0 saturated carbocycles. The Balaban J connectivity index is 2.93. The largest absolute Gasteiger partial charge is 0.390 e. The van der Waals surface area contributed by atoms with Gasteiger partial charge in [0, 0.05) is 19.0 Å². The smallest absolute Gasteiger partial charge is 0.316 e. The highest BCUT2D eigenvalue weighted by Gasteiger charge is 2.32. The molecule has 0 fully saturated rings. The zero-order chi connectivity index (χ0) is 14.6. The Labute approximate surface area is 116 Å². The van der Waals surface area contributed by atoms with Crippen LogP contribution in [0.5, 0.6) is 0 Å². The van der Waals surface area contributed by atoms with Crippen molar-refractivity contribution in [3.63, 3.8) is 0 Å². The number of rotatable bonds is 6. The standard InChI is InChI=1S/C12H19ClF3N3/c1-4-9-11(13)10(19(5-2)18-9)6-8(17-3)7-12(14,15)16/h8,17H,4-7H2,1-3H3. The van der Waals surface area contributed by atoms with Crippen molar-refractivity contribution in [1.29, 1.82) is 0 Å². The van der Waals surface area contributed by atoms with Crippen LogP contribution in [0.1, 0.15) is 31.7 Å². The van der Waals surface area contributed by atoms with Crippen LogP contribution in [0.4, 0.5) is 13.2 Å². The summed E-state index contributed by atoms with van der Waals surface area (Å²) in [6.45, 7) is 4.41. The second-order valence-electron chi connectivity index (χ2n) is 4.39. The van der Waals surface area contributed by atoms with Crippen LogP contribution in [-0.2, 0) is 19.4 Å². The number of aromatic nitrogens is 2. The number of hydrogen-bond donors (Lipinski definition) is 1. The molecule has 1 aromatic rings. The molecule has 0 amide bonds. The molecule has 7 heteroatoms. The molecule has 0 bridgehead atoms. The van der Waals surface area contributed by atoms with Gasteiger partial charge in [-0.3, -0.25) is 4.68 Å². The Kier molecular flexibility index (Phi) is 5.67. The molecule has 0 spiro atoms. The number of likely N-dealkylation sites (N-methyl/N-ethyl adjacent to an activating group) is 1. The summed E-state index contributed by atoms with van der Waals surface area (Å²) in [6, 6.07) is -0.691. The van der Waals surface area contributed by atoms with E-state index in [9.17, 15) is 13.2 Å². The third-order valence-electron chi connectivity index (χ3n) is 3.02. The van der Waals surface area contributed by atoms with Gasteiger partial charge in [-0.15, -0.1) is 0 Å². The van der Waals surface area contributed by atoms with Crippen LogP contribution >= 0.6 is 11.6 Å². The van der Waals surface area contributed by atoms with Gasteiger partial charge in [0.1, 0.15) is 0 Å². The summed E-state index contributed by atoms with van der Waals surface area (Å²) in [6.07, 6.45) is -4.18. The molecule has 1 rings (SSSR count). The fraction of sp³-hybridized carbons (Fsp3) is 0.750. The van der Waals surface area contributed by atoms with E-state index < -0.39 is 18.6 Å². The molecule has 0 saturated heterocycles. The molecule has 0 aliphatic rings. The van der Waals surface area contributed by atoms with E-state index in [2.05, 4.69) is 10.4 Å². The normalized spacial score (nSPS) is 13.8. The molecule has 1 aromatic heterocycles.